The Balaban J connectivity index is -0.0000000298. The first kappa shape index (κ1) is 29.2. The Labute approximate surface area is 104 Å². The van der Waals surface area contributed by atoms with Crippen molar-refractivity contribution in [3.05, 3.63) is 6.92 Å². The topological polar surface area (TPSA) is 120 Å². The van der Waals surface area contributed by atoms with Crippen LogP contribution in [0.1, 0.15) is 27.7 Å². The largest absolute Gasteiger partial charge is 4.00 e. The van der Waals surface area contributed by atoms with Crippen LogP contribution < -0.4 is 15.3 Å². The Morgan fingerprint density at radius 3 is 0.733 bits per heavy atom. The van der Waals surface area contributed by atoms with Crippen LogP contribution in [0.4, 0.5) is 0 Å². The Morgan fingerprint density at radius 2 is 0.733 bits per heavy atom. The van der Waals surface area contributed by atoms with Crippen LogP contribution in [0.5, 0.6) is 0 Å². The van der Waals surface area contributed by atoms with Gasteiger partial charge in [-0.05, 0) is 20.8 Å². The van der Waals surface area contributed by atoms with Crippen molar-refractivity contribution in [2.75, 3.05) is 0 Å². The molecule has 0 aromatic rings. The van der Waals surface area contributed by atoms with Crippen LogP contribution in [0.3, 0.4) is 0 Å². The van der Waals surface area contributed by atoms with Gasteiger partial charge < -0.3 is 36.6 Å². The molecule has 0 amide bonds. The average molecular weight is 254 g/mol. The first-order valence-corrected chi connectivity index (χ1v) is 3.43. The predicted molar refractivity (Wildman–Crippen MR) is 43.1 cm³/mol. The molecule has 0 saturated carbocycles. The summed E-state index contributed by atoms with van der Waals surface area (Å²) in [4.78, 5) is 26.7. The smallest absolute Gasteiger partial charge is 0.550 e. The van der Waals surface area contributed by atoms with Gasteiger partial charge in [0.15, 0.2) is 0 Å². The zero-order valence-electron chi connectivity index (χ0n) is 9.16. The van der Waals surface area contributed by atoms with Crippen molar-refractivity contribution in [3.63, 3.8) is 0 Å². The van der Waals surface area contributed by atoms with Crippen molar-refractivity contribution in [1.29, 1.82) is 0 Å². The van der Waals surface area contributed by atoms with Crippen LogP contribution in [-0.4, -0.2) is 17.9 Å². The van der Waals surface area contributed by atoms with E-state index in [4.69, 9.17) is 29.7 Å². The summed E-state index contributed by atoms with van der Waals surface area (Å²) in [6.45, 7) is 7.92. The Morgan fingerprint density at radius 1 is 0.733 bits per heavy atom. The van der Waals surface area contributed by atoms with E-state index in [2.05, 4.69) is 6.92 Å². The van der Waals surface area contributed by atoms with E-state index < -0.39 is 17.9 Å². The fraction of sp³-hybridized carbons (Fsp3) is 0.500. The number of carbonyl (C=O) groups excluding carboxylic acids is 3. The maximum absolute atomic E-state index is 8.89. The van der Waals surface area contributed by atoms with Crippen LogP contribution in [0.2, 0.25) is 0 Å². The minimum Gasteiger partial charge on any atom is -0.550 e. The number of hydrogen-bond donors (Lipinski definition) is 0. The standard InChI is InChI=1S/3C2H4O2.C2H5.Ti/c3*1-2(3)4;1-2;/h3*1H3,(H,3,4);1H2,2H3;/q;;;-1;+4/p-3. The van der Waals surface area contributed by atoms with E-state index in [0.29, 0.717) is 0 Å². The van der Waals surface area contributed by atoms with E-state index in [1.54, 1.807) is 6.92 Å². The molecule has 0 rings (SSSR count). The molecule has 0 N–H and O–H groups in total. The predicted octanol–water partition coefficient (Wildman–Crippen LogP) is -2.89. The normalized spacial score (nSPS) is 5.40. The van der Waals surface area contributed by atoms with E-state index in [0.717, 1.165) is 20.8 Å². The quantitative estimate of drug-likeness (QED) is 0.338. The Kier molecular flexibility index (Phi) is 56.9. The molecule has 0 aromatic carbocycles. The van der Waals surface area contributed by atoms with E-state index in [9.17, 15) is 0 Å². The van der Waals surface area contributed by atoms with Crippen LogP contribution in [0.15, 0.2) is 0 Å². The minimum atomic E-state index is -1.08. The van der Waals surface area contributed by atoms with Crippen molar-refractivity contribution in [3.8, 4) is 0 Å². The van der Waals surface area contributed by atoms with Crippen LogP contribution in [0.25, 0.3) is 0 Å². The van der Waals surface area contributed by atoms with Gasteiger partial charge in [0.05, 0.1) is 0 Å². The molecule has 0 spiro atoms. The molecule has 0 bridgehead atoms. The molecule has 86 valence electrons. The summed E-state index contributed by atoms with van der Waals surface area (Å²) in [5, 5.41) is 26.7. The zero-order valence-corrected chi connectivity index (χ0v) is 10.7. The molecule has 0 unspecified atom stereocenters. The van der Waals surface area contributed by atoms with Crippen molar-refractivity contribution < 1.29 is 51.4 Å². The van der Waals surface area contributed by atoms with Gasteiger partial charge in [0, 0.05) is 17.9 Å². The Bertz CT molecular complexity index is 117. The van der Waals surface area contributed by atoms with Crippen molar-refractivity contribution in [2.24, 2.45) is 0 Å². The van der Waals surface area contributed by atoms with Gasteiger partial charge in [-0.25, -0.2) is 0 Å². The number of hydrogen-bond acceptors (Lipinski definition) is 6. The summed E-state index contributed by atoms with van der Waals surface area (Å²) < 4.78 is 0. The van der Waals surface area contributed by atoms with Crippen LogP contribution in [-0.2, 0) is 36.1 Å². The number of aliphatic carboxylic acids is 3. The molecule has 0 fully saturated rings. The number of carbonyl (C=O) groups is 3. The third kappa shape index (κ3) is 2120. The first-order valence-electron chi connectivity index (χ1n) is 3.43. The maximum Gasteiger partial charge on any atom is 4.00 e. The van der Waals surface area contributed by atoms with E-state index in [-0.39, 0.29) is 21.7 Å². The first-order chi connectivity index (χ1) is 6.20. The molecule has 0 aliphatic rings. The summed E-state index contributed by atoms with van der Waals surface area (Å²) in [7, 11) is 0. The summed E-state index contributed by atoms with van der Waals surface area (Å²) in [6.07, 6.45) is 0. The summed E-state index contributed by atoms with van der Waals surface area (Å²) in [5.74, 6) is -3.25. The zero-order chi connectivity index (χ0) is 12.7. The van der Waals surface area contributed by atoms with Crippen LogP contribution >= 0.6 is 0 Å². The number of carboxylic acid groups (broad SMARTS) is 3. The molecular weight excluding hydrogens is 240 g/mol. The van der Waals surface area contributed by atoms with Crippen molar-refractivity contribution in [1.82, 2.24) is 0 Å². The SMILES string of the molecule is CC(=O)[O-].CC(=O)[O-].CC(=O)[O-].[CH2-]C.[Ti+4]. The summed E-state index contributed by atoms with van der Waals surface area (Å²) >= 11 is 0. The van der Waals surface area contributed by atoms with E-state index in [1.807, 2.05) is 0 Å². The average Bonchev–Trinajstić information content (AvgIpc) is 1.86. The fourth-order valence-electron chi connectivity index (χ4n) is 0. The van der Waals surface area contributed by atoms with Gasteiger partial charge in [-0.1, -0.05) is 0 Å². The molecule has 6 nitrogen and oxygen atoms in total. The van der Waals surface area contributed by atoms with Crippen LogP contribution in [0, 0.1) is 6.92 Å². The molecule has 0 heterocycles. The molecule has 0 aliphatic carbocycles. The minimum absolute atomic E-state index is 0. The second kappa shape index (κ2) is 29.2. The molecule has 0 aliphatic heterocycles. The summed E-state index contributed by atoms with van der Waals surface area (Å²) in [6, 6.07) is 0. The molecule has 7 heteroatoms. The second-order valence-corrected chi connectivity index (χ2v) is 1.47. The van der Waals surface area contributed by atoms with E-state index >= 15 is 0 Å². The molecular formula is C8H14O6Ti. The second-order valence-electron chi connectivity index (χ2n) is 1.47. The monoisotopic (exact) mass is 254 g/mol. The van der Waals surface area contributed by atoms with Gasteiger partial charge in [-0.3, -0.25) is 0 Å². The van der Waals surface area contributed by atoms with Gasteiger partial charge in [0.1, 0.15) is 0 Å². The molecule has 15 heavy (non-hydrogen) atoms. The van der Waals surface area contributed by atoms with E-state index in [1.165, 1.54) is 0 Å². The van der Waals surface area contributed by atoms with Gasteiger partial charge >= 0.3 is 21.7 Å². The maximum atomic E-state index is 8.89. The third-order valence-electron chi connectivity index (χ3n) is 0. The summed E-state index contributed by atoms with van der Waals surface area (Å²) in [5.41, 5.74) is 0. The molecule has 0 radical (unpaired) electrons. The van der Waals surface area contributed by atoms with Crippen molar-refractivity contribution >= 4 is 17.9 Å². The molecule has 0 saturated heterocycles. The Hall–Kier alpha value is -0.876. The third-order valence-corrected chi connectivity index (χ3v) is 0. The van der Waals surface area contributed by atoms with Gasteiger partial charge in [0.25, 0.3) is 0 Å². The molecule has 0 aromatic heterocycles. The fourth-order valence-corrected chi connectivity index (χ4v) is 0. The van der Waals surface area contributed by atoms with Crippen molar-refractivity contribution in [2.45, 2.75) is 27.7 Å². The van der Waals surface area contributed by atoms with Gasteiger partial charge in [-0.2, -0.15) is 6.92 Å². The number of rotatable bonds is 0. The van der Waals surface area contributed by atoms with Gasteiger partial charge in [-0.15, -0.1) is 0 Å². The number of carboxylic acids is 3. The molecule has 0 atom stereocenters. The van der Waals surface area contributed by atoms with Gasteiger partial charge in [0.2, 0.25) is 0 Å².